The molecule has 9 aromatic rings. The third-order valence-electron chi connectivity index (χ3n) is 10.6. The van der Waals surface area contributed by atoms with Gasteiger partial charge in [-0.25, -0.2) is 9.97 Å². The maximum Gasteiger partial charge on any atom is 0.160 e. The number of hydrogen-bond donors (Lipinski definition) is 0. The van der Waals surface area contributed by atoms with Crippen LogP contribution in [0.25, 0.3) is 65.2 Å². The molecule has 0 amide bonds. The Morgan fingerprint density at radius 2 is 1.06 bits per heavy atom. The lowest BCUT2D eigenvalue weighted by Gasteiger charge is -2.39. The van der Waals surface area contributed by atoms with Crippen molar-refractivity contribution in [1.29, 1.82) is 0 Å². The fourth-order valence-corrected chi connectivity index (χ4v) is 10.7. The molecule has 0 radical (unpaired) electrons. The van der Waals surface area contributed by atoms with Crippen LogP contribution in [0.3, 0.4) is 0 Å². The van der Waals surface area contributed by atoms with Crippen molar-refractivity contribution in [3.8, 4) is 45.0 Å². The van der Waals surface area contributed by atoms with E-state index in [9.17, 15) is 0 Å². The van der Waals surface area contributed by atoms with E-state index < -0.39 is 5.41 Å². The predicted molar refractivity (Wildman–Crippen MR) is 213 cm³/mol. The van der Waals surface area contributed by atoms with Crippen molar-refractivity contribution in [1.82, 2.24) is 9.97 Å². The molecule has 0 N–H and O–H groups in total. The van der Waals surface area contributed by atoms with Gasteiger partial charge in [-0.3, -0.25) is 0 Å². The molecule has 2 aromatic heterocycles. The van der Waals surface area contributed by atoms with Crippen LogP contribution in [-0.4, -0.2) is 9.97 Å². The molecule has 0 fully saturated rings. The van der Waals surface area contributed by atoms with Crippen molar-refractivity contribution in [2.75, 3.05) is 0 Å². The van der Waals surface area contributed by atoms with Gasteiger partial charge in [0.25, 0.3) is 0 Å². The molecular formula is C47H28N2S2. The fraction of sp³-hybridized carbons (Fsp3) is 0.0213. The Kier molecular flexibility index (Phi) is 6.30. The molecule has 4 heteroatoms. The van der Waals surface area contributed by atoms with Crippen LogP contribution < -0.4 is 0 Å². The standard InChI is InChI=1S/C47H28N2S2/c1-3-13-29(14-4-1)38-28-39(49-46(48-38)30-15-5-2-6-16-30)31-23-24-32-37(27-31)47(34-18-8-11-21-41(34)51-42-22-12-9-19-35(42)47)36-25-26-43-45(44(32)36)33-17-7-10-20-40(33)50-43/h1-28H. The van der Waals surface area contributed by atoms with Crippen molar-refractivity contribution in [3.05, 3.63) is 192 Å². The Morgan fingerprint density at radius 1 is 0.431 bits per heavy atom. The summed E-state index contributed by atoms with van der Waals surface area (Å²) in [4.78, 5) is 13.0. The summed E-state index contributed by atoms with van der Waals surface area (Å²) in [7, 11) is 0. The maximum atomic E-state index is 5.27. The van der Waals surface area contributed by atoms with E-state index in [0.717, 1.165) is 33.9 Å². The van der Waals surface area contributed by atoms with Gasteiger partial charge in [0, 0.05) is 46.7 Å². The van der Waals surface area contributed by atoms with E-state index >= 15 is 0 Å². The number of hydrogen-bond acceptors (Lipinski definition) is 4. The van der Waals surface area contributed by atoms with Gasteiger partial charge in [0.1, 0.15) is 0 Å². The molecule has 0 saturated heterocycles. The summed E-state index contributed by atoms with van der Waals surface area (Å²) < 4.78 is 2.65. The van der Waals surface area contributed by atoms with Gasteiger partial charge in [-0.15, -0.1) is 11.3 Å². The predicted octanol–water partition coefficient (Wildman–Crippen LogP) is 12.7. The average Bonchev–Trinajstić information content (AvgIpc) is 3.72. The zero-order valence-electron chi connectivity index (χ0n) is 27.4. The molecule has 0 saturated carbocycles. The normalized spacial score (nSPS) is 13.6. The Labute approximate surface area is 304 Å². The second-order valence-corrected chi connectivity index (χ2v) is 15.4. The lowest BCUT2D eigenvalue weighted by Crippen LogP contribution is -2.32. The quantitative estimate of drug-likeness (QED) is 0.185. The number of thiophene rings is 1. The summed E-state index contributed by atoms with van der Waals surface area (Å²) in [6.45, 7) is 0. The molecule has 1 aliphatic carbocycles. The van der Waals surface area contributed by atoms with Gasteiger partial charge >= 0.3 is 0 Å². The van der Waals surface area contributed by atoms with Crippen LogP contribution >= 0.6 is 23.1 Å². The highest BCUT2D eigenvalue weighted by Crippen LogP contribution is 2.64. The van der Waals surface area contributed by atoms with Gasteiger partial charge in [0.15, 0.2) is 5.82 Å². The minimum Gasteiger partial charge on any atom is -0.228 e. The highest BCUT2D eigenvalue weighted by Gasteiger charge is 2.51. The molecule has 0 bridgehead atoms. The first kappa shape index (κ1) is 29.0. The molecule has 51 heavy (non-hydrogen) atoms. The summed E-state index contributed by atoms with van der Waals surface area (Å²) >= 11 is 3.77. The number of aromatic nitrogens is 2. The summed E-state index contributed by atoms with van der Waals surface area (Å²) in [5.41, 5.74) is 12.4. The summed E-state index contributed by atoms with van der Waals surface area (Å²) in [5.74, 6) is 0.724. The van der Waals surface area contributed by atoms with Gasteiger partial charge in [-0.1, -0.05) is 145 Å². The highest BCUT2D eigenvalue weighted by atomic mass is 32.2. The van der Waals surface area contributed by atoms with Crippen molar-refractivity contribution in [3.63, 3.8) is 0 Å². The van der Waals surface area contributed by atoms with Crippen LogP contribution in [0.1, 0.15) is 22.3 Å². The minimum absolute atomic E-state index is 0.492. The lowest BCUT2D eigenvalue weighted by atomic mass is 9.67. The van der Waals surface area contributed by atoms with Crippen LogP contribution in [0.15, 0.2) is 180 Å². The second-order valence-electron chi connectivity index (χ2n) is 13.3. The molecule has 0 unspecified atom stereocenters. The van der Waals surface area contributed by atoms with Crippen LogP contribution in [-0.2, 0) is 5.41 Å². The van der Waals surface area contributed by atoms with E-state index in [4.69, 9.17) is 9.97 Å². The van der Waals surface area contributed by atoms with Crippen LogP contribution in [0, 0.1) is 0 Å². The zero-order valence-corrected chi connectivity index (χ0v) is 29.0. The summed E-state index contributed by atoms with van der Waals surface area (Å²) in [5, 5.41) is 2.68. The second kappa shape index (κ2) is 11.1. The average molecular weight is 685 g/mol. The molecule has 11 rings (SSSR count). The Hall–Kier alpha value is -5.81. The number of benzene rings is 7. The number of fused-ring (bicyclic) bond motifs is 13. The third-order valence-corrected chi connectivity index (χ3v) is 12.9. The van der Waals surface area contributed by atoms with Gasteiger partial charge in [0.2, 0.25) is 0 Å². The van der Waals surface area contributed by atoms with Crippen molar-refractivity contribution < 1.29 is 0 Å². The Bertz CT molecular complexity index is 2730. The molecule has 7 aromatic carbocycles. The molecule has 2 aliphatic rings. The van der Waals surface area contributed by atoms with Crippen LogP contribution in [0.5, 0.6) is 0 Å². The first-order chi connectivity index (χ1) is 25.3. The van der Waals surface area contributed by atoms with E-state index in [1.165, 1.54) is 63.3 Å². The zero-order chi connectivity index (χ0) is 33.5. The topological polar surface area (TPSA) is 25.8 Å². The smallest absolute Gasteiger partial charge is 0.160 e. The molecule has 2 nitrogen and oxygen atoms in total. The first-order valence-electron chi connectivity index (χ1n) is 17.2. The number of rotatable bonds is 3. The van der Waals surface area contributed by atoms with Gasteiger partial charge in [-0.2, -0.15) is 0 Å². The van der Waals surface area contributed by atoms with E-state index in [0.29, 0.717) is 0 Å². The van der Waals surface area contributed by atoms with Crippen LogP contribution in [0.2, 0.25) is 0 Å². The van der Waals surface area contributed by atoms with Crippen molar-refractivity contribution in [2.45, 2.75) is 15.2 Å². The maximum absolute atomic E-state index is 5.27. The largest absolute Gasteiger partial charge is 0.228 e. The van der Waals surface area contributed by atoms with Gasteiger partial charge in [-0.05, 0) is 69.8 Å². The van der Waals surface area contributed by atoms with Crippen molar-refractivity contribution >= 4 is 43.3 Å². The van der Waals surface area contributed by atoms with E-state index in [1.54, 1.807) is 0 Å². The van der Waals surface area contributed by atoms with Crippen LogP contribution in [0.4, 0.5) is 0 Å². The molecule has 1 aliphatic heterocycles. The van der Waals surface area contributed by atoms with E-state index in [-0.39, 0.29) is 0 Å². The van der Waals surface area contributed by atoms with E-state index in [1.807, 2.05) is 35.2 Å². The van der Waals surface area contributed by atoms with Crippen molar-refractivity contribution in [2.24, 2.45) is 0 Å². The molecule has 238 valence electrons. The first-order valence-corrected chi connectivity index (χ1v) is 18.9. The van der Waals surface area contributed by atoms with Gasteiger partial charge < -0.3 is 0 Å². The highest BCUT2D eigenvalue weighted by molar-refractivity contribution is 7.99. The molecule has 1 spiro atoms. The van der Waals surface area contributed by atoms with E-state index in [2.05, 4.69) is 158 Å². The minimum atomic E-state index is -0.492. The summed E-state index contributed by atoms with van der Waals surface area (Å²) in [6.07, 6.45) is 0. The Morgan fingerprint density at radius 3 is 1.80 bits per heavy atom. The molecule has 0 atom stereocenters. The Balaban J connectivity index is 1.25. The number of nitrogens with zero attached hydrogens (tertiary/aromatic N) is 2. The van der Waals surface area contributed by atoms with Gasteiger partial charge in [0.05, 0.1) is 16.8 Å². The molecule has 3 heterocycles. The molecular weight excluding hydrogens is 657 g/mol. The third kappa shape index (κ3) is 4.18. The SMILES string of the molecule is c1ccc(-c2cc(-c3ccc4c(c3)C3(c5ccccc5Sc5ccccc53)c3ccc5sc6ccccc6c5c3-4)nc(-c3ccccc3)n2)cc1. The fourth-order valence-electron chi connectivity index (χ4n) is 8.43. The monoisotopic (exact) mass is 684 g/mol. The lowest BCUT2D eigenvalue weighted by molar-refractivity contribution is 0.723. The summed E-state index contributed by atoms with van der Waals surface area (Å²) in [6, 6.07) is 61.7.